The molecule has 0 aromatic heterocycles. The van der Waals surface area contributed by atoms with Crippen molar-refractivity contribution in [2.24, 2.45) is 17.6 Å². The number of rotatable bonds is 3. The SMILES string of the molecule is C[C@@H]1OC(=O)/C=C/C[C@@H](O)C[C@@H](O)C[C@@]2(O)C[C@@H](O)[C@H](C(=O)O)[C@@H](C[C@H](O[C@@H]3O[C@H](C)[C@@H](O)[C@H](N)[C@@H]3O)/C=C/C=C/C=C/C=C/[C@@H]1C)O2. The number of hydrogen-bond donors (Lipinski definition) is 8. The summed E-state index contributed by atoms with van der Waals surface area (Å²) in [7, 11) is 0. The number of nitrogens with two attached hydrogens (primary N) is 1. The molecule has 2 saturated heterocycles. The zero-order chi connectivity index (χ0) is 35.6. The Morgan fingerprint density at radius 3 is 2.21 bits per heavy atom. The molecule has 0 spiro atoms. The van der Waals surface area contributed by atoms with Gasteiger partial charge in [-0.15, -0.1) is 0 Å². The smallest absolute Gasteiger partial charge is 0.330 e. The molecule has 2 bridgehead atoms. The number of hydrogen-bond acceptors (Lipinski definition) is 13. The topological polar surface area (TPSA) is 239 Å². The van der Waals surface area contributed by atoms with Crippen molar-refractivity contribution in [1.29, 1.82) is 0 Å². The van der Waals surface area contributed by atoms with Crippen LogP contribution < -0.4 is 5.73 Å². The van der Waals surface area contributed by atoms with E-state index in [4.69, 9.17) is 24.7 Å². The fourth-order valence-electron chi connectivity index (χ4n) is 5.87. The molecule has 14 nitrogen and oxygen atoms in total. The summed E-state index contributed by atoms with van der Waals surface area (Å²) >= 11 is 0. The average molecular weight is 682 g/mol. The standard InChI is InChI=1S/C34H51NO13/c1-19-11-8-6-4-5-7-9-13-24(47-33-31(41)29(35)30(40)21(3)46-33)16-26-28(32(42)43)25(38)18-34(44,48-26)17-23(37)15-22(36)12-10-14-27(39)45-20(19)2/h4-11,13-14,19-26,28-31,33,36-38,40-41,44H,12,15-18,35H2,1-3H3,(H,42,43)/b6-4+,7-5+,11-8+,13-9+,14-10+/t19-,20-,21+,22+,23+,24+,25+,26+,28-,29-,30+,31-,33-,34-/m0/s1. The second kappa shape index (κ2) is 18.3. The largest absolute Gasteiger partial charge is 0.481 e. The summed E-state index contributed by atoms with van der Waals surface area (Å²) < 4.78 is 23.0. The van der Waals surface area contributed by atoms with E-state index in [1.54, 1.807) is 56.4 Å². The Bertz CT molecular complexity index is 1200. The predicted molar refractivity (Wildman–Crippen MR) is 172 cm³/mol. The minimum Gasteiger partial charge on any atom is -0.481 e. The molecule has 0 radical (unpaired) electrons. The van der Waals surface area contributed by atoms with Gasteiger partial charge >= 0.3 is 11.9 Å². The van der Waals surface area contributed by atoms with E-state index in [-0.39, 0.29) is 25.2 Å². The van der Waals surface area contributed by atoms with Crippen LogP contribution in [0.4, 0.5) is 0 Å². The first kappa shape index (κ1) is 39.7. The number of aliphatic carboxylic acids is 1. The van der Waals surface area contributed by atoms with Crippen molar-refractivity contribution in [1.82, 2.24) is 0 Å². The van der Waals surface area contributed by atoms with Crippen LogP contribution in [0.15, 0.2) is 60.8 Å². The van der Waals surface area contributed by atoms with Crippen molar-refractivity contribution in [3.05, 3.63) is 60.8 Å². The molecule has 14 heteroatoms. The van der Waals surface area contributed by atoms with Crippen LogP contribution >= 0.6 is 0 Å². The number of aliphatic hydroxyl groups excluding tert-OH is 5. The molecule has 3 aliphatic rings. The van der Waals surface area contributed by atoms with E-state index in [2.05, 4.69) is 0 Å². The van der Waals surface area contributed by atoms with Crippen LogP contribution in [0.5, 0.6) is 0 Å². The molecule has 0 amide bonds. The highest BCUT2D eigenvalue weighted by Gasteiger charge is 2.50. The van der Waals surface area contributed by atoms with Crippen LogP contribution in [0.3, 0.4) is 0 Å². The number of ether oxygens (including phenoxy) is 4. The summed E-state index contributed by atoms with van der Waals surface area (Å²) in [6.07, 6.45) is 3.35. The predicted octanol–water partition coefficient (Wildman–Crippen LogP) is 0.349. The Morgan fingerprint density at radius 2 is 1.54 bits per heavy atom. The maximum atomic E-state index is 12.3. The molecule has 0 aromatic rings. The summed E-state index contributed by atoms with van der Waals surface area (Å²) in [5.41, 5.74) is 5.97. The second-order valence-corrected chi connectivity index (χ2v) is 12.8. The molecular weight excluding hydrogens is 630 g/mol. The van der Waals surface area contributed by atoms with Crippen molar-refractivity contribution in [3.8, 4) is 0 Å². The number of aliphatic hydroxyl groups is 6. The van der Waals surface area contributed by atoms with E-state index in [1.807, 2.05) is 13.0 Å². The Labute approximate surface area is 280 Å². The van der Waals surface area contributed by atoms with Gasteiger partial charge in [-0.25, -0.2) is 4.79 Å². The lowest BCUT2D eigenvalue weighted by Gasteiger charge is -2.45. The first-order valence-electron chi connectivity index (χ1n) is 16.3. The lowest BCUT2D eigenvalue weighted by atomic mass is 9.83. The molecule has 2 fully saturated rings. The number of cyclic esters (lactones) is 1. The molecule has 14 atom stereocenters. The van der Waals surface area contributed by atoms with Gasteiger partial charge in [0.1, 0.15) is 18.1 Å². The van der Waals surface area contributed by atoms with E-state index in [9.17, 15) is 45.3 Å². The minimum atomic E-state index is -2.18. The summed E-state index contributed by atoms with van der Waals surface area (Å²) in [4.78, 5) is 24.5. The van der Waals surface area contributed by atoms with Gasteiger partial charge < -0.3 is 60.4 Å². The van der Waals surface area contributed by atoms with Gasteiger partial charge in [-0.1, -0.05) is 61.6 Å². The molecule has 0 unspecified atom stereocenters. The molecular formula is C34H51NO13. The first-order chi connectivity index (χ1) is 22.6. The fraction of sp³-hybridized carbons (Fsp3) is 0.647. The summed E-state index contributed by atoms with van der Waals surface area (Å²) in [5, 5.41) is 74.3. The van der Waals surface area contributed by atoms with Crippen LogP contribution in [-0.4, -0.2) is 121 Å². The third-order valence-corrected chi connectivity index (χ3v) is 8.77. The summed E-state index contributed by atoms with van der Waals surface area (Å²) in [6.45, 7) is 5.21. The van der Waals surface area contributed by atoms with Crippen LogP contribution in [0, 0.1) is 11.8 Å². The second-order valence-electron chi connectivity index (χ2n) is 12.8. The molecule has 270 valence electrons. The normalized spacial score (nSPS) is 45.9. The van der Waals surface area contributed by atoms with E-state index < -0.39 is 104 Å². The van der Waals surface area contributed by atoms with Gasteiger partial charge in [-0.05, 0) is 26.7 Å². The number of carboxylic acid groups (broad SMARTS) is 1. The number of carbonyl (C=O) groups is 2. The van der Waals surface area contributed by atoms with Crippen molar-refractivity contribution in [2.45, 2.75) is 126 Å². The Balaban J connectivity index is 1.92. The monoisotopic (exact) mass is 681 g/mol. The van der Waals surface area contributed by atoms with Crippen LogP contribution in [0.1, 0.15) is 52.9 Å². The van der Waals surface area contributed by atoms with E-state index in [1.165, 1.54) is 12.2 Å². The van der Waals surface area contributed by atoms with Crippen LogP contribution in [-0.2, 0) is 28.5 Å². The quantitative estimate of drug-likeness (QED) is 0.188. The van der Waals surface area contributed by atoms with Gasteiger partial charge in [0.05, 0.1) is 48.8 Å². The molecule has 48 heavy (non-hydrogen) atoms. The Morgan fingerprint density at radius 1 is 0.896 bits per heavy atom. The highest BCUT2D eigenvalue weighted by atomic mass is 16.7. The number of carbonyl (C=O) groups excluding carboxylic acids is 1. The third kappa shape index (κ3) is 11.7. The van der Waals surface area contributed by atoms with Gasteiger partial charge in [0.25, 0.3) is 0 Å². The Kier molecular flexibility index (Phi) is 15.1. The van der Waals surface area contributed by atoms with Crippen molar-refractivity contribution < 1.29 is 64.3 Å². The van der Waals surface area contributed by atoms with Crippen molar-refractivity contribution in [2.75, 3.05) is 0 Å². The van der Waals surface area contributed by atoms with E-state index in [0.29, 0.717) is 0 Å². The number of fused-ring (bicyclic) bond motifs is 2. The van der Waals surface area contributed by atoms with Gasteiger partial charge in [0.15, 0.2) is 12.1 Å². The lowest BCUT2D eigenvalue weighted by Crippen LogP contribution is -2.61. The van der Waals surface area contributed by atoms with Gasteiger partial charge in [-0.3, -0.25) is 4.79 Å². The molecule has 9 N–H and O–H groups in total. The van der Waals surface area contributed by atoms with Gasteiger partial charge in [0.2, 0.25) is 0 Å². The molecule has 3 aliphatic heterocycles. The van der Waals surface area contributed by atoms with E-state index in [0.717, 1.165) is 0 Å². The van der Waals surface area contributed by atoms with Gasteiger partial charge in [-0.2, -0.15) is 0 Å². The highest BCUT2D eigenvalue weighted by molar-refractivity contribution is 5.82. The number of esters is 1. The lowest BCUT2D eigenvalue weighted by molar-refractivity contribution is -0.308. The molecule has 3 heterocycles. The fourth-order valence-corrected chi connectivity index (χ4v) is 5.87. The first-order valence-corrected chi connectivity index (χ1v) is 16.3. The molecule has 3 rings (SSSR count). The minimum absolute atomic E-state index is 0.000319. The molecule has 0 aliphatic carbocycles. The van der Waals surface area contributed by atoms with Crippen LogP contribution in [0.2, 0.25) is 0 Å². The average Bonchev–Trinajstić information content (AvgIpc) is 2.98. The van der Waals surface area contributed by atoms with Crippen molar-refractivity contribution >= 4 is 11.9 Å². The number of carboxylic acids is 1. The highest BCUT2D eigenvalue weighted by Crippen LogP contribution is 2.38. The van der Waals surface area contributed by atoms with Gasteiger partial charge in [0, 0.05) is 31.3 Å². The third-order valence-electron chi connectivity index (χ3n) is 8.77. The zero-order valence-corrected chi connectivity index (χ0v) is 27.5. The van der Waals surface area contributed by atoms with E-state index >= 15 is 0 Å². The zero-order valence-electron chi connectivity index (χ0n) is 27.5. The molecule has 0 aromatic carbocycles. The van der Waals surface area contributed by atoms with Crippen LogP contribution in [0.25, 0.3) is 0 Å². The summed E-state index contributed by atoms with van der Waals surface area (Å²) in [6, 6.07) is -1.09. The maximum Gasteiger partial charge on any atom is 0.330 e. The summed E-state index contributed by atoms with van der Waals surface area (Å²) in [5.74, 6) is -5.75. The molecule has 0 saturated carbocycles. The number of allylic oxidation sites excluding steroid dienone is 6. The van der Waals surface area contributed by atoms with Crippen molar-refractivity contribution in [3.63, 3.8) is 0 Å². The Hall–Kier alpha value is -2.76. The maximum absolute atomic E-state index is 12.3.